The quantitative estimate of drug-likeness (QED) is 0.584. The first-order valence-corrected chi connectivity index (χ1v) is 10.4. The maximum Gasteiger partial charge on any atom is 0.326 e. The van der Waals surface area contributed by atoms with Gasteiger partial charge in [0.05, 0.1) is 13.0 Å². The Hall–Kier alpha value is -1.53. The van der Waals surface area contributed by atoms with Gasteiger partial charge >= 0.3 is 5.97 Å². The average molecular weight is 379 g/mol. The second-order valence-electron chi connectivity index (χ2n) is 7.13. The van der Waals surface area contributed by atoms with Gasteiger partial charge in [-0.2, -0.15) is 11.8 Å². The minimum Gasteiger partial charge on any atom is -0.468 e. The first-order chi connectivity index (χ1) is 12.4. The second kappa shape index (κ2) is 8.91. The van der Waals surface area contributed by atoms with E-state index in [1.807, 2.05) is 50.1 Å². The van der Waals surface area contributed by atoms with E-state index in [9.17, 15) is 9.59 Å². The molecule has 0 saturated carbocycles. The molecule has 2 rings (SSSR count). The van der Waals surface area contributed by atoms with E-state index < -0.39 is 5.54 Å². The molecule has 26 heavy (non-hydrogen) atoms. The third-order valence-corrected chi connectivity index (χ3v) is 6.18. The van der Waals surface area contributed by atoms with Crippen LogP contribution in [0.4, 0.5) is 0 Å². The Morgan fingerprint density at radius 2 is 2.08 bits per heavy atom. The van der Waals surface area contributed by atoms with Crippen LogP contribution in [0.2, 0.25) is 0 Å². The molecule has 0 radical (unpaired) electrons. The van der Waals surface area contributed by atoms with Gasteiger partial charge in [0.15, 0.2) is 0 Å². The molecule has 0 spiro atoms. The molecule has 0 aromatic heterocycles. The minimum absolute atomic E-state index is 0.0128. The highest BCUT2D eigenvalue weighted by Crippen LogP contribution is 2.47. The van der Waals surface area contributed by atoms with Crippen LogP contribution in [-0.2, 0) is 14.3 Å². The van der Waals surface area contributed by atoms with Gasteiger partial charge < -0.3 is 10.1 Å². The normalized spacial score (nSPS) is 25.9. The first kappa shape index (κ1) is 20.8. The van der Waals surface area contributed by atoms with E-state index in [-0.39, 0.29) is 23.8 Å². The van der Waals surface area contributed by atoms with E-state index in [0.717, 1.165) is 23.3 Å². The third-order valence-electron chi connectivity index (χ3n) is 5.49. The van der Waals surface area contributed by atoms with Gasteiger partial charge in [-0.1, -0.05) is 24.3 Å². The molecule has 1 aromatic rings. The average Bonchev–Trinajstić information content (AvgIpc) is 2.91. The van der Waals surface area contributed by atoms with E-state index in [4.69, 9.17) is 4.74 Å². The summed E-state index contributed by atoms with van der Waals surface area (Å²) in [6.45, 7) is 4.57. The molecule has 1 aromatic carbocycles. The molecule has 1 N–H and O–H groups in total. The van der Waals surface area contributed by atoms with Crippen molar-refractivity contribution in [3.63, 3.8) is 0 Å². The highest BCUT2D eigenvalue weighted by Gasteiger charge is 2.55. The van der Waals surface area contributed by atoms with Crippen LogP contribution in [0.5, 0.6) is 0 Å². The summed E-state index contributed by atoms with van der Waals surface area (Å²) in [5, 5.41) is 3.06. The van der Waals surface area contributed by atoms with Gasteiger partial charge in [0.1, 0.15) is 5.54 Å². The summed E-state index contributed by atoms with van der Waals surface area (Å²) in [6, 6.07) is 7.92. The predicted octanol–water partition coefficient (Wildman–Crippen LogP) is 2.79. The van der Waals surface area contributed by atoms with Crippen LogP contribution < -0.4 is 5.32 Å². The highest BCUT2D eigenvalue weighted by molar-refractivity contribution is 7.98. The number of nitrogens with one attached hydrogen (secondary N) is 1. The number of hydrogen-bond donors (Lipinski definition) is 1. The molecule has 5 nitrogen and oxygen atoms in total. The lowest BCUT2D eigenvalue weighted by Gasteiger charge is -2.33. The standard InChI is InChI=1S/C20H30N2O3S/c1-14-9-6-7-10-15(14)17-16(18(23)21-11-8-12-26-5)13-20(2,22(17)3)19(24)25-4/h6-7,9-10,16-17H,8,11-13H2,1-5H3,(H,21,23)/t16-,17-,20-/m0/s1. The number of thioether (sulfide) groups is 1. The first-order valence-electron chi connectivity index (χ1n) is 9.00. The van der Waals surface area contributed by atoms with E-state index >= 15 is 0 Å². The zero-order chi connectivity index (χ0) is 19.3. The number of benzene rings is 1. The monoisotopic (exact) mass is 378 g/mol. The lowest BCUT2D eigenvalue weighted by molar-refractivity contribution is -0.152. The number of methoxy groups -OCH3 is 1. The summed E-state index contributed by atoms with van der Waals surface area (Å²) in [5.41, 5.74) is 1.40. The third kappa shape index (κ3) is 4.07. The number of likely N-dealkylation sites (tertiary alicyclic amines) is 1. The van der Waals surface area contributed by atoms with Crippen LogP contribution in [0.25, 0.3) is 0 Å². The van der Waals surface area contributed by atoms with Crippen LogP contribution in [0.15, 0.2) is 24.3 Å². The molecule has 3 atom stereocenters. The summed E-state index contributed by atoms with van der Waals surface area (Å²) in [4.78, 5) is 27.4. The van der Waals surface area contributed by atoms with E-state index in [2.05, 4.69) is 11.6 Å². The van der Waals surface area contributed by atoms with Gasteiger partial charge in [0, 0.05) is 12.6 Å². The van der Waals surface area contributed by atoms with Crippen LogP contribution >= 0.6 is 11.8 Å². The van der Waals surface area contributed by atoms with Crippen molar-refractivity contribution in [2.75, 3.05) is 32.7 Å². The van der Waals surface area contributed by atoms with E-state index in [1.54, 1.807) is 11.8 Å². The Bertz CT molecular complexity index is 652. The van der Waals surface area contributed by atoms with Gasteiger partial charge in [-0.25, -0.2) is 0 Å². The van der Waals surface area contributed by atoms with Gasteiger partial charge in [0.2, 0.25) is 5.91 Å². The fourth-order valence-electron chi connectivity index (χ4n) is 3.85. The molecule has 144 valence electrons. The Morgan fingerprint density at radius 1 is 1.38 bits per heavy atom. The molecule has 1 saturated heterocycles. The molecular weight excluding hydrogens is 348 g/mol. The minimum atomic E-state index is -0.816. The van der Waals surface area contributed by atoms with Crippen LogP contribution in [0, 0.1) is 12.8 Å². The summed E-state index contributed by atoms with van der Waals surface area (Å²) in [6.07, 6.45) is 3.45. The zero-order valence-electron chi connectivity index (χ0n) is 16.4. The van der Waals surface area contributed by atoms with Crippen molar-refractivity contribution < 1.29 is 14.3 Å². The zero-order valence-corrected chi connectivity index (χ0v) is 17.2. The van der Waals surface area contributed by atoms with Crippen LogP contribution in [0.3, 0.4) is 0 Å². The maximum absolute atomic E-state index is 13.0. The van der Waals surface area contributed by atoms with Crippen molar-refractivity contribution in [1.82, 2.24) is 10.2 Å². The van der Waals surface area contributed by atoms with Gasteiger partial charge in [-0.05, 0) is 56.9 Å². The Balaban J connectivity index is 2.31. The molecule has 0 aliphatic carbocycles. The summed E-state index contributed by atoms with van der Waals surface area (Å²) < 4.78 is 5.05. The lowest BCUT2D eigenvalue weighted by Crippen LogP contribution is -2.47. The fourth-order valence-corrected chi connectivity index (χ4v) is 4.28. The Kier molecular flexibility index (Phi) is 7.12. The Morgan fingerprint density at radius 3 is 2.69 bits per heavy atom. The molecule has 1 amide bonds. The van der Waals surface area contributed by atoms with Gasteiger partial charge in [-0.3, -0.25) is 14.5 Å². The number of aryl methyl sites for hydroxylation is 1. The predicted molar refractivity (Wildman–Crippen MR) is 106 cm³/mol. The number of nitrogens with zero attached hydrogens (tertiary/aromatic N) is 1. The van der Waals surface area contributed by atoms with Gasteiger partial charge in [0.25, 0.3) is 0 Å². The molecule has 6 heteroatoms. The number of carbonyl (C=O) groups excluding carboxylic acids is 2. The van der Waals surface area contributed by atoms with Crippen LogP contribution in [0.1, 0.15) is 36.9 Å². The smallest absolute Gasteiger partial charge is 0.326 e. The SMILES string of the molecule is COC(=O)[C@]1(C)C[C@H](C(=O)NCCCSC)[C@H](c2ccccc2C)N1C. The number of hydrogen-bond acceptors (Lipinski definition) is 5. The van der Waals surface area contributed by atoms with Gasteiger partial charge in [-0.15, -0.1) is 0 Å². The van der Waals surface area contributed by atoms with E-state index in [1.165, 1.54) is 7.11 Å². The van der Waals surface area contributed by atoms with Crippen molar-refractivity contribution in [2.24, 2.45) is 5.92 Å². The molecule has 1 heterocycles. The number of likely N-dealkylation sites (N-methyl/N-ethyl adjacent to an activating group) is 1. The number of esters is 1. The maximum atomic E-state index is 13.0. The second-order valence-corrected chi connectivity index (χ2v) is 8.11. The Labute approximate surface area is 160 Å². The van der Waals surface area contributed by atoms with Crippen molar-refractivity contribution in [3.05, 3.63) is 35.4 Å². The number of amides is 1. The molecule has 1 aliphatic rings. The highest BCUT2D eigenvalue weighted by atomic mass is 32.2. The van der Waals surface area contributed by atoms with Crippen molar-refractivity contribution in [2.45, 2.75) is 38.3 Å². The fraction of sp³-hybridized carbons (Fsp3) is 0.600. The number of carbonyl (C=O) groups is 2. The van der Waals surface area contributed by atoms with Crippen molar-refractivity contribution in [3.8, 4) is 0 Å². The summed E-state index contributed by atoms with van der Waals surface area (Å²) >= 11 is 1.77. The molecule has 1 fully saturated rings. The molecule has 0 bridgehead atoms. The summed E-state index contributed by atoms with van der Waals surface area (Å²) in [7, 11) is 3.31. The van der Waals surface area contributed by atoms with Crippen LogP contribution in [-0.4, -0.2) is 55.0 Å². The number of rotatable bonds is 7. The molecular formula is C20H30N2O3S. The topological polar surface area (TPSA) is 58.6 Å². The van der Waals surface area contributed by atoms with Crippen molar-refractivity contribution >= 4 is 23.6 Å². The molecule has 1 aliphatic heterocycles. The number of ether oxygens (including phenoxy) is 1. The molecule has 0 unspecified atom stereocenters. The largest absolute Gasteiger partial charge is 0.468 e. The summed E-state index contributed by atoms with van der Waals surface area (Å²) in [5.74, 6) is 0.445. The van der Waals surface area contributed by atoms with Crippen molar-refractivity contribution in [1.29, 1.82) is 0 Å². The lowest BCUT2D eigenvalue weighted by atomic mass is 9.88. The van der Waals surface area contributed by atoms with E-state index in [0.29, 0.717) is 13.0 Å².